The van der Waals surface area contributed by atoms with Crippen LogP contribution in [0.3, 0.4) is 0 Å². The Morgan fingerprint density at radius 1 is 1.00 bits per heavy atom. The lowest BCUT2D eigenvalue weighted by Gasteiger charge is -2.40. The number of hydrogen-bond donors (Lipinski definition) is 1. The van der Waals surface area contributed by atoms with Crippen molar-refractivity contribution >= 4 is 11.7 Å². The van der Waals surface area contributed by atoms with Crippen molar-refractivity contribution in [2.45, 2.75) is 44.6 Å². The first kappa shape index (κ1) is 20.3. The van der Waals surface area contributed by atoms with Gasteiger partial charge in [0.25, 0.3) is 0 Å². The predicted octanol–water partition coefficient (Wildman–Crippen LogP) is 3.88. The molecule has 1 N–H and O–H groups in total. The molecule has 1 aliphatic rings. The van der Waals surface area contributed by atoms with E-state index in [2.05, 4.69) is 22.3 Å². The molecule has 1 amide bonds. The highest BCUT2D eigenvalue weighted by molar-refractivity contribution is 5.88. The molecule has 0 radical (unpaired) electrons. The summed E-state index contributed by atoms with van der Waals surface area (Å²) in [6.07, 6.45) is 2.11. The topological polar surface area (TPSA) is 49.4 Å². The Kier molecular flexibility index (Phi) is 6.63. The summed E-state index contributed by atoms with van der Waals surface area (Å²) >= 11 is 0. The van der Waals surface area contributed by atoms with Crippen LogP contribution in [0.5, 0.6) is 0 Å². The van der Waals surface area contributed by atoms with Gasteiger partial charge in [-0.3, -0.25) is 9.59 Å². The summed E-state index contributed by atoms with van der Waals surface area (Å²) in [6, 6.07) is 20.1. The fourth-order valence-corrected chi connectivity index (χ4v) is 4.16. The zero-order chi connectivity index (χ0) is 20.0. The first-order valence-corrected chi connectivity index (χ1v) is 10.1. The SMILES string of the molecule is CC(=O)C1(c2ccccc2)CCN(CCC(=O)NC(C)c2ccccc2)CC1. The van der Waals surface area contributed by atoms with Crippen molar-refractivity contribution in [1.29, 1.82) is 0 Å². The van der Waals surface area contributed by atoms with Crippen molar-refractivity contribution in [3.63, 3.8) is 0 Å². The van der Waals surface area contributed by atoms with Crippen LogP contribution in [0.1, 0.15) is 50.3 Å². The van der Waals surface area contributed by atoms with Gasteiger partial charge in [0.15, 0.2) is 0 Å². The molecule has 28 heavy (non-hydrogen) atoms. The average molecular weight is 379 g/mol. The largest absolute Gasteiger partial charge is 0.350 e. The van der Waals surface area contributed by atoms with Gasteiger partial charge in [0.05, 0.1) is 11.5 Å². The third-order valence-electron chi connectivity index (χ3n) is 6.04. The number of likely N-dealkylation sites (tertiary alicyclic amines) is 1. The van der Waals surface area contributed by atoms with Gasteiger partial charge < -0.3 is 10.2 Å². The highest BCUT2D eigenvalue weighted by Crippen LogP contribution is 2.36. The van der Waals surface area contributed by atoms with E-state index in [0.717, 1.165) is 43.6 Å². The molecule has 4 nitrogen and oxygen atoms in total. The number of benzene rings is 2. The van der Waals surface area contributed by atoms with Crippen molar-refractivity contribution < 1.29 is 9.59 Å². The van der Waals surface area contributed by atoms with Gasteiger partial charge in [-0.25, -0.2) is 0 Å². The quantitative estimate of drug-likeness (QED) is 0.795. The van der Waals surface area contributed by atoms with Crippen LogP contribution in [-0.4, -0.2) is 36.2 Å². The minimum absolute atomic E-state index is 0.0125. The average Bonchev–Trinajstić information content (AvgIpc) is 2.73. The van der Waals surface area contributed by atoms with E-state index in [4.69, 9.17) is 0 Å². The third-order valence-corrected chi connectivity index (χ3v) is 6.04. The smallest absolute Gasteiger partial charge is 0.221 e. The Hall–Kier alpha value is -2.46. The number of nitrogens with zero attached hydrogens (tertiary/aromatic N) is 1. The molecule has 2 aromatic rings. The monoisotopic (exact) mass is 378 g/mol. The molecular weight excluding hydrogens is 348 g/mol. The Morgan fingerprint density at radius 3 is 2.14 bits per heavy atom. The van der Waals surface area contributed by atoms with Crippen molar-refractivity contribution in [1.82, 2.24) is 10.2 Å². The fraction of sp³-hybridized carbons (Fsp3) is 0.417. The lowest BCUT2D eigenvalue weighted by atomic mass is 9.70. The first-order valence-electron chi connectivity index (χ1n) is 10.1. The molecule has 0 bridgehead atoms. The molecule has 1 atom stereocenters. The molecule has 1 heterocycles. The lowest BCUT2D eigenvalue weighted by molar-refractivity contribution is -0.125. The van der Waals surface area contributed by atoms with Crippen LogP contribution >= 0.6 is 0 Å². The maximum Gasteiger partial charge on any atom is 0.221 e. The van der Waals surface area contributed by atoms with Gasteiger partial charge in [0.1, 0.15) is 5.78 Å². The second-order valence-corrected chi connectivity index (χ2v) is 7.80. The number of hydrogen-bond acceptors (Lipinski definition) is 3. The summed E-state index contributed by atoms with van der Waals surface area (Å²) in [6.45, 7) is 6.14. The summed E-state index contributed by atoms with van der Waals surface area (Å²) < 4.78 is 0. The molecule has 1 aliphatic heterocycles. The van der Waals surface area contributed by atoms with Crippen molar-refractivity contribution in [2.75, 3.05) is 19.6 Å². The molecule has 0 saturated carbocycles. The van der Waals surface area contributed by atoms with E-state index >= 15 is 0 Å². The van der Waals surface area contributed by atoms with E-state index in [1.165, 1.54) is 0 Å². The fourth-order valence-electron chi connectivity index (χ4n) is 4.16. The van der Waals surface area contributed by atoms with Gasteiger partial charge in [0.2, 0.25) is 5.91 Å². The van der Waals surface area contributed by atoms with Gasteiger partial charge in [0, 0.05) is 13.0 Å². The Balaban J connectivity index is 1.50. The Morgan fingerprint density at radius 2 is 1.57 bits per heavy atom. The number of piperidine rings is 1. The summed E-state index contributed by atoms with van der Waals surface area (Å²) in [5, 5.41) is 3.08. The van der Waals surface area contributed by atoms with E-state index in [1.807, 2.05) is 55.5 Å². The standard InChI is InChI=1S/C24H30N2O2/c1-19(21-9-5-3-6-10-21)25-23(28)13-16-26-17-14-24(15-18-26,20(2)27)22-11-7-4-8-12-22/h3-12,19H,13-18H2,1-2H3,(H,25,28). The molecule has 2 aromatic carbocycles. The van der Waals surface area contributed by atoms with Crippen LogP contribution in [0, 0.1) is 0 Å². The van der Waals surface area contributed by atoms with E-state index in [0.29, 0.717) is 6.42 Å². The van der Waals surface area contributed by atoms with E-state index in [1.54, 1.807) is 6.92 Å². The molecule has 0 spiro atoms. The molecule has 1 unspecified atom stereocenters. The first-order chi connectivity index (χ1) is 13.5. The number of carbonyl (C=O) groups is 2. The highest BCUT2D eigenvalue weighted by atomic mass is 16.1. The highest BCUT2D eigenvalue weighted by Gasteiger charge is 2.40. The normalized spacial score (nSPS) is 17.6. The van der Waals surface area contributed by atoms with Gasteiger partial charge >= 0.3 is 0 Å². The number of amides is 1. The van der Waals surface area contributed by atoms with Crippen molar-refractivity contribution in [3.05, 3.63) is 71.8 Å². The molecule has 3 rings (SSSR count). The number of nitrogens with one attached hydrogen (secondary N) is 1. The van der Waals surface area contributed by atoms with E-state index < -0.39 is 0 Å². The second kappa shape index (κ2) is 9.16. The van der Waals surface area contributed by atoms with Crippen LogP contribution < -0.4 is 5.32 Å². The molecule has 4 heteroatoms. The van der Waals surface area contributed by atoms with Crippen molar-refractivity contribution in [3.8, 4) is 0 Å². The maximum atomic E-state index is 12.5. The third kappa shape index (κ3) is 4.68. The zero-order valence-electron chi connectivity index (χ0n) is 16.9. The minimum atomic E-state index is -0.373. The summed E-state index contributed by atoms with van der Waals surface area (Å²) in [5.74, 6) is 0.315. The van der Waals surface area contributed by atoms with Crippen LogP contribution in [0.4, 0.5) is 0 Å². The van der Waals surface area contributed by atoms with Gasteiger partial charge in [-0.15, -0.1) is 0 Å². The van der Waals surface area contributed by atoms with Crippen LogP contribution in [0.25, 0.3) is 0 Å². The number of carbonyl (C=O) groups excluding carboxylic acids is 2. The lowest BCUT2D eigenvalue weighted by Crippen LogP contribution is -2.47. The number of rotatable bonds is 7. The van der Waals surface area contributed by atoms with Crippen LogP contribution in [0.15, 0.2) is 60.7 Å². The molecule has 1 fully saturated rings. The minimum Gasteiger partial charge on any atom is -0.350 e. The van der Waals surface area contributed by atoms with Crippen LogP contribution in [-0.2, 0) is 15.0 Å². The Labute approximate surface area is 167 Å². The van der Waals surface area contributed by atoms with Gasteiger partial charge in [-0.05, 0) is 50.9 Å². The van der Waals surface area contributed by atoms with E-state index in [9.17, 15) is 9.59 Å². The summed E-state index contributed by atoms with van der Waals surface area (Å²) in [7, 11) is 0. The second-order valence-electron chi connectivity index (χ2n) is 7.80. The van der Waals surface area contributed by atoms with Gasteiger partial charge in [-0.1, -0.05) is 60.7 Å². The summed E-state index contributed by atoms with van der Waals surface area (Å²) in [4.78, 5) is 27.1. The number of ketones is 1. The van der Waals surface area contributed by atoms with Crippen LogP contribution in [0.2, 0.25) is 0 Å². The van der Waals surface area contributed by atoms with Crippen molar-refractivity contribution in [2.24, 2.45) is 0 Å². The van der Waals surface area contributed by atoms with E-state index in [-0.39, 0.29) is 23.1 Å². The summed E-state index contributed by atoms with van der Waals surface area (Å²) in [5.41, 5.74) is 1.86. The molecule has 0 aromatic heterocycles. The molecule has 0 aliphatic carbocycles. The Bertz CT molecular complexity index is 781. The maximum absolute atomic E-state index is 12.5. The predicted molar refractivity (Wildman–Crippen MR) is 112 cm³/mol. The molecule has 148 valence electrons. The zero-order valence-corrected chi connectivity index (χ0v) is 16.9. The number of Topliss-reactive ketones (excluding diaryl/α,β-unsaturated/α-hetero) is 1. The molecule has 1 saturated heterocycles. The van der Waals surface area contributed by atoms with Gasteiger partial charge in [-0.2, -0.15) is 0 Å². The molecular formula is C24H30N2O2.